The third-order valence-electron chi connectivity index (χ3n) is 5.22. The Kier molecular flexibility index (Phi) is 8.14. The zero-order valence-electron chi connectivity index (χ0n) is 19.6. The number of hydrogen-bond acceptors (Lipinski definition) is 3. The van der Waals surface area contributed by atoms with Crippen molar-refractivity contribution in [3.8, 4) is 5.75 Å². The summed E-state index contributed by atoms with van der Waals surface area (Å²) in [5, 5.41) is 1.38. The highest BCUT2D eigenvalue weighted by Gasteiger charge is 2.29. The number of hydrogen-bond donors (Lipinski definition) is 0. The van der Waals surface area contributed by atoms with Gasteiger partial charge < -0.3 is 14.4 Å². The SMILES string of the molecule is COCOc1ccc(C)cc1C(C)(C)Pc1c(C)cccc1N(C(C)C)C(C)C. The summed E-state index contributed by atoms with van der Waals surface area (Å²) >= 11 is 0. The fraction of sp³-hybridized carbons (Fsp3) is 0.520. The van der Waals surface area contributed by atoms with E-state index in [2.05, 4.69) is 96.7 Å². The lowest BCUT2D eigenvalue weighted by atomic mass is 9.99. The molecule has 1 atom stereocenters. The number of rotatable bonds is 9. The molecule has 4 heteroatoms. The van der Waals surface area contributed by atoms with Crippen LogP contribution < -0.4 is 14.9 Å². The van der Waals surface area contributed by atoms with Gasteiger partial charge >= 0.3 is 0 Å². The molecule has 2 rings (SSSR count). The third-order valence-corrected chi connectivity index (χ3v) is 7.01. The molecular formula is C25H38NO2P. The number of benzene rings is 2. The van der Waals surface area contributed by atoms with Crippen molar-refractivity contribution in [3.05, 3.63) is 53.1 Å². The van der Waals surface area contributed by atoms with Gasteiger partial charge in [-0.15, -0.1) is 0 Å². The van der Waals surface area contributed by atoms with E-state index in [9.17, 15) is 0 Å². The minimum absolute atomic E-state index is 0.0599. The predicted molar refractivity (Wildman–Crippen MR) is 129 cm³/mol. The molecule has 29 heavy (non-hydrogen) atoms. The van der Waals surface area contributed by atoms with E-state index in [1.54, 1.807) is 7.11 Å². The van der Waals surface area contributed by atoms with Crippen LogP contribution in [0.4, 0.5) is 5.69 Å². The third kappa shape index (κ3) is 5.74. The van der Waals surface area contributed by atoms with Crippen molar-refractivity contribution >= 4 is 19.6 Å². The molecule has 0 aliphatic rings. The summed E-state index contributed by atoms with van der Waals surface area (Å²) in [6.07, 6.45) is 0. The maximum absolute atomic E-state index is 5.92. The number of aryl methyl sites for hydroxylation is 2. The molecule has 3 nitrogen and oxygen atoms in total. The van der Waals surface area contributed by atoms with Gasteiger partial charge in [0.1, 0.15) is 5.75 Å². The molecule has 0 saturated carbocycles. The van der Waals surface area contributed by atoms with Gasteiger partial charge in [0, 0.05) is 35.6 Å². The molecule has 0 aliphatic carbocycles. The summed E-state index contributed by atoms with van der Waals surface area (Å²) in [6, 6.07) is 14.0. The molecule has 0 amide bonds. The second kappa shape index (κ2) is 9.96. The van der Waals surface area contributed by atoms with Crippen molar-refractivity contribution in [1.29, 1.82) is 0 Å². The van der Waals surface area contributed by atoms with Gasteiger partial charge in [-0.1, -0.05) is 52.3 Å². The predicted octanol–water partition coefficient (Wildman–Crippen LogP) is 6.15. The van der Waals surface area contributed by atoms with Gasteiger partial charge in [-0.2, -0.15) is 0 Å². The second-order valence-electron chi connectivity index (χ2n) is 8.86. The van der Waals surface area contributed by atoms with Crippen LogP contribution in [-0.2, 0) is 9.89 Å². The molecule has 0 aliphatic heterocycles. The van der Waals surface area contributed by atoms with E-state index in [0.29, 0.717) is 20.7 Å². The van der Waals surface area contributed by atoms with E-state index in [0.717, 1.165) is 5.75 Å². The van der Waals surface area contributed by atoms with E-state index in [4.69, 9.17) is 9.47 Å². The van der Waals surface area contributed by atoms with E-state index in [-0.39, 0.29) is 11.9 Å². The van der Waals surface area contributed by atoms with Crippen LogP contribution in [0.1, 0.15) is 58.2 Å². The lowest BCUT2D eigenvalue weighted by Gasteiger charge is -2.37. The van der Waals surface area contributed by atoms with Crippen molar-refractivity contribution in [2.24, 2.45) is 0 Å². The Morgan fingerprint density at radius 1 is 1.00 bits per heavy atom. The number of ether oxygens (including phenoxy) is 2. The first-order valence-electron chi connectivity index (χ1n) is 10.5. The molecule has 2 aromatic rings. The molecule has 2 aromatic carbocycles. The quantitative estimate of drug-likeness (QED) is 0.362. The van der Waals surface area contributed by atoms with Crippen LogP contribution in [0.2, 0.25) is 0 Å². The lowest BCUT2D eigenvalue weighted by Crippen LogP contribution is -2.40. The van der Waals surface area contributed by atoms with Crippen molar-refractivity contribution in [3.63, 3.8) is 0 Å². The summed E-state index contributed by atoms with van der Waals surface area (Å²) in [7, 11) is 2.28. The van der Waals surface area contributed by atoms with Crippen LogP contribution >= 0.6 is 8.58 Å². The Balaban J connectivity index is 2.52. The maximum atomic E-state index is 5.92. The highest BCUT2D eigenvalue weighted by atomic mass is 31.1. The molecular weight excluding hydrogens is 377 g/mol. The Labute approximate surface area is 179 Å². The summed E-state index contributed by atoms with van der Waals surface area (Å²) < 4.78 is 11.1. The highest BCUT2D eigenvalue weighted by molar-refractivity contribution is 7.49. The van der Waals surface area contributed by atoms with Crippen LogP contribution in [0.3, 0.4) is 0 Å². The van der Waals surface area contributed by atoms with Crippen LogP contribution in [0.15, 0.2) is 36.4 Å². The molecule has 0 radical (unpaired) electrons. The lowest BCUT2D eigenvalue weighted by molar-refractivity contribution is 0.0501. The molecule has 0 bridgehead atoms. The van der Waals surface area contributed by atoms with E-state index >= 15 is 0 Å². The van der Waals surface area contributed by atoms with Crippen molar-refractivity contribution < 1.29 is 9.47 Å². The van der Waals surface area contributed by atoms with Crippen LogP contribution in [-0.4, -0.2) is 26.0 Å². The smallest absolute Gasteiger partial charge is 0.188 e. The monoisotopic (exact) mass is 415 g/mol. The van der Waals surface area contributed by atoms with E-state index < -0.39 is 0 Å². The minimum atomic E-state index is -0.0599. The number of nitrogens with zero attached hydrogens (tertiary/aromatic N) is 1. The zero-order valence-corrected chi connectivity index (χ0v) is 20.6. The molecule has 0 saturated heterocycles. The molecule has 0 fully saturated rings. The molecule has 0 heterocycles. The van der Waals surface area contributed by atoms with Crippen molar-refractivity contribution in [2.45, 2.75) is 72.6 Å². The van der Waals surface area contributed by atoms with Crippen molar-refractivity contribution in [2.75, 3.05) is 18.8 Å². The topological polar surface area (TPSA) is 21.7 Å². The minimum Gasteiger partial charge on any atom is -0.467 e. The summed E-state index contributed by atoms with van der Waals surface area (Å²) in [4.78, 5) is 2.53. The Hall–Kier alpha value is -1.57. The van der Waals surface area contributed by atoms with Gasteiger partial charge in [-0.25, -0.2) is 0 Å². The average Bonchev–Trinajstić information content (AvgIpc) is 2.63. The molecule has 0 N–H and O–H groups in total. The molecule has 0 spiro atoms. The van der Waals surface area contributed by atoms with Gasteiger partial charge in [0.25, 0.3) is 0 Å². The Bertz CT molecular complexity index is 806. The van der Waals surface area contributed by atoms with Gasteiger partial charge in [0.15, 0.2) is 6.79 Å². The number of anilines is 1. The summed E-state index contributed by atoms with van der Waals surface area (Å²) in [6.45, 7) is 18.4. The normalized spacial score (nSPS) is 12.4. The average molecular weight is 416 g/mol. The fourth-order valence-corrected chi connectivity index (χ4v) is 5.52. The first-order chi connectivity index (χ1) is 13.6. The van der Waals surface area contributed by atoms with Gasteiger partial charge in [0.2, 0.25) is 0 Å². The van der Waals surface area contributed by atoms with Crippen LogP contribution in [0, 0.1) is 13.8 Å². The number of methoxy groups -OCH3 is 1. The molecule has 160 valence electrons. The first-order valence-corrected chi connectivity index (χ1v) is 11.5. The Morgan fingerprint density at radius 3 is 2.24 bits per heavy atom. The summed E-state index contributed by atoms with van der Waals surface area (Å²) in [5.74, 6) is 0.912. The van der Waals surface area contributed by atoms with E-state index in [1.807, 2.05) is 0 Å². The van der Waals surface area contributed by atoms with E-state index in [1.165, 1.54) is 27.7 Å². The molecule has 1 unspecified atom stereocenters. The van der Waals surface area contributed by atoms with Crippen LogP contribution in [0.5, 0.6) is 5.75 Å². The largest absolute Gasteiger partial charge is 0.467 e. The second-order valence-corrected chi connectivity index (χ2v) is 10.9. The zero-order chi connectivity index (χ0) is 21.8. The molecule has 0 aromatic heterocycles. The Morgan fingerprint density at radius 2 is 1.66 bits per heavy atom. The van der Waals surface area contributed by atoms with Gasteiger partial charge in [-0.05, 0) is 64.5 Å². The first kappa shape index (κ1) is 23.7. The highest BCUT2D eigenvalue weighted by Crippen LogP contribution is 2.46. The van der Waals surface area contributed by atoms with Crippen molar-refractivity contribution in [1.82, 2.24) is 0 Å². The van der Waals surface area contributed by atoms with Gasteiger partial charge in [-0.3, -0.25) is 0 Å². The van der Waals surface area contributed by atoms with Gasteiger partial charge in [0.05, 0.1) is 0 Å². The summed E-state index contributed by atoms with van der Waals surface area (Å²) in [5.41, 5.74) is 5.20. The standard InChI is InChI=1S/C25H38NO2P/c1-17(2)26(18(3)4)22-12-10-11-20(6)24(22)29-25(7,8)21-15-19(5)13-14-23(21)28-16-27-9/h10-15,17-18,29H,16H2,1-9H3. The maximum Gasteiger partial charge on any atom is 0.188 e. The van der Waals surface area contributed by atoms with Crippen LogP contribution in [0.25, 0.3) is 0 Å². The fourth-order valence-electron chi connectivity index (χ4n) is 3.94.